The molecule has 0 N–H and O–H groups in total. The van der Waals surface area contributed by atoms with Gasteiger partial charge in [0.2, 0.25) is 0 Å². The zero-order chi connectivity index (χ0) is 30.5. The van der Waals surface area contributed by atoms with Gasteiger partial charge in [-0.3, -0.25) is 0 Å². The van der Waals surface area contributed by atoms with Crippen LogP contribution >= 0.6 is 0 Å². The number of rotatable bonds is 4. The molecule has 0 fully saturated rings. The Labute approximate surface area is 266 Å². The molecule has 0 aliphatic carbocycles. The van der Waals surface area contributed by atoms with Crippen LogP contribution in [0.2, 0.25) is 0 Å². The van der Waals surface area contributed by atoms with E-state index in [9.17, 15) is 0 Å². The maximum atomic E-state index is 5.24. The summed E-state index contributed by atoms with van der Waals surface area (Å²) in [6, 6.07) is 57.6. The van der Waals surface area contributed by atoms with Crippen LogP contribution in [0.1, 0.15) is 0 Å². The fraction of sp³-hybridized carbons (Fsp3) is 0. The first-order chi connectivity index (χ1) is 22.8. The van der Waals surface area contributed by atoms with Crippen molar-refractivity contribution in [3.05, 3.63) is 164 Å². The van der Waals surface area contributed by atoms with Crippen LogP contribution in [0.5, 0.6) is 0 Å². The van der Waals surface area contributed by atoms with E-state index in [1.54, 1.807) is 0 Å². The molecule has 214 valence electrons. The van der Waals surface area contributed by atoms with E-state index < -0.39 is 0 Å². The molecule has 0 saturated heterocycles. The Morgan fingerprint density at radius 1 is 0.261 bits per heavy atom. The smallest absolute Gasteiger partial charge is 0.165 e. The molecule has 46 heavy (non-hydrogen) atoms. The van der Waals surface area contributed by atoms with Crippen LogP contribution in [0.15, 0.2) is 164 Å². The zero-order valence-corrected chi connectivity index (χ0v) is 24.9. The van der Waals surface area contributed by atoms with Crippen molar-refractivity contribution in [2.75, 3.05) is 0 Å². The van der Waals surface area contributed by atoms with Gasteiger partial charge in [0.25, 0.3) is 0 Å². The maximum absolute atomic E-state index is 5.24. The monoisotopic (exact) mass is 585 g/mol. The third-order valence-electron chi connectivity index (χ3n) is 8.86. The molecule has 0 amide bonds. The first-order valence-corrected chi connectivity index (χ1v) is 15.5. The van der Waals surface area contributed by atoms with Gasteiger partial charge in [-0.2, -0.15) is 0 Å². The Kier molecular flexibility index (Phi) is 6.14. The molecule has 9 rings (SSSR count). The van der Waals surface area contributed by atoms with Crippen molar-refractivity contribution >= 4 is 43.1 Å². The third-order valence-corrected chi connectivity index (χ3v) is 8.86. The first kappa shape index (κ1) is 26.2. The van der Waals surface area contributed by atoms with E-state index in [1.165, 1.54) is 26.9 Å². The zero-order valence-electron chi connectivity index (χ0n) is 24.9. The fourth-order valence-corrected chi connectivity index (χ4v) is 6.60. The molecule has 0 radical (unpaired) electrons. The quantitative estimate of drug-likeness (QED) is 0.152. The molecule has 0 aliphatic heterocycles. The van der Waals surface area contributed by atoms with E-state index in [1.807, 2.05) is 18.2 Å². The minimum absolute atomic E-state index is 0.647. The van der Waals surface area contributed by atoms with Crippen LogP contribution in [0.3, 0.4) is 0 Å². The van der Waals surface area contributed by atoms with Crippen LogP contribution in [0.25, 0.3) is 88.4 Å². The summed E-state index contributed by atoms with van der Waals surface area (Å²) in [4.78, 5) is 15.5. The summed E-state index contributed by atoms with van der Waals surface area (Å²) in [5.41, 5.74) is 5.19. The molecule has 1 aromatic heterocycles. The highest BCUT2D eigenvalue weighted by atomic mass is 15.0. The summed E-state index contributed by atoms with van der Waals surface area (Å²) in [6.07, 6.45) is 0. The molecule has 1 heterocycles. The summed E-state index contributed by atoms with van der Waals surface area (Å²) in [7, 11) is 0. The Hall–Kier alpha value is -6.19. The van der Waals surface area contributed by atoms with Crippen molar-refractivity contribution < 1.29 is 0 Å². The van der Waals surface area contributed by atoms with Crippen molar-refractivity contribution in [3.8, 4) is 45.3 Å². The number of fused-ring (bicyclic) bond motifs is 5. The summed E-state index contributed by atoms with van der Waals surface area (Å²) in [5.74, 6) is 1.96. The van der Waals surface area contributed by atoms with Crippen LogP contribution in [-0.4, -0.2) is 15.0 Å². The Morgan fingerprint density at radius 3 is 1.70 bits per heavy atom. The minimum atomic E-state index is 0.647. The van der Waals surface area contributed by atoms with Crippen LogP contribution < -0.4 is 0 Å². The van der Waals surface area contributed by atoms with Gasteiger partial charge in [-0.05, 0) is 72.4 Å². The number of hydrogen-bond acceptors (Lipinski definition) is 3. The molecule has 8 aromatic carbocycles. The molecule has 0 aliphatic rings. The van der Waals surface area contributed by atoms with Crippen molar-refractivity contribution in [2.45, 2.75) is 0 Å². The number of hydrogen-bond donors (Lipinski definition) is 0. The number of nitrogens with zero attached hydrogens (tertiary/aromatic N) is 3. The lowest BCUT2D eigenvalue weighted by Crippen LogP contribution is -2.01. The Bertz CT molecular complexity index is 2590. The summed E-state index contributed by atoms with van der Waals surface area (Å²) in [6.45, 7) is 0. The molecule has 9 aromatic rings. The second-order valence-electron chi connectivity index (χ2n) is 11.7. The second kappa shape index (κ2) is 10.8. The van der Waals surface area contributed by atoms with Crippen molar-refractivity contribution in [1.29, 1.82) is 0 Å². The van der Waals surface area contributed by atoms with Crippen molar-refractivity contribution in [2.24, 2.45) is 0 Å². The highest BCUT2D eigenvalue weighted by Crippen LogP contribution is 2.39. The van der Waals surface area contributed by atoms with E-state index in [0.29, 0.717) is 17.5 Å². The van der Waals surface area contributed by atoms with Gasteiger partial charge >= 0.3 is 0 Å². The molecular weight excluding hydrogens is 558 g/mol. The van der Waals surface area contributed by atoms with E-state index in [4.69, 9.17) is 15.0 Å². The van der Waals surface area contributed by atoms with Crippen molar-refractivity contribution in [1.82, 2.24) is 15.0 Å². The normalized spacial score (nSPS) is 11.5. The standard InChI is InChI=1S/C43H27N3/c1-2-13-30(14-3-1)41-44-42(35-18-10-17-32(26-35)33-22-21-28-11-4-5-15-31(28)25-33)46-43(45-41)40-37-20-9-7-16-34(37)27-39-36-19-8-6-12-29(36)23-24-38(39)40/h1-27H. The van der Waals surface area contributed by atoms with Gasteiger partial charge in [-0.15, -0.1) is 0 Å². The number of aromatic nitrogens is 3. The molecule has 0 atom stereocenters. The molecule has 0 unspecified atom stereocenters. The van der Waals surface area contributed by atoms with E-state index in [2.05, 4.69) is 146 Å². The lowest BCUT2D eigenvalue weighted by Gasteiger charge is -2.15. The second-order valence-corrected chi connectivity index (χ2v) is 11.7. The predicted molar refractivity (Wildman–Crippen MR) is 192 cm³/mol. The van der Waals surface area contributed by atoms with Crippen LogP contribution in [0.4, 0.5) is 0 Å². The van der Waals surface area contributed by atoms with E-state index in [-0.39, 0.29) is 0 Å². The maximum Gasteiger partial charge on any atom is 0.165 e. The molecule has 3 nitrogen and oxygen atoms in total. The molecule has 0 bridgehead atoms. The first-order valence-electron chi connectivity index (χ1n) is 15.5. The summed E-state index contributed by atoms with van der Waals surface area (Å²) in [5, 5.41) is 9.46. The Morgan fingerprint density at radius 2 is 0.848 bits per heavy atom. The van der Waals surface area contributed by atoms with E-state index in [0.717, 1.165) is 44.0 Å². The topological polar surface area (TPSA) is 38.7 Å². The van der Waals surface area contributed by atoms with Gasteiger partial charge in [-0.1, -0.05) is 146 Å². The van der Waals surface area contributed by atoms with Crippen LogP contribution in [0, 0.1) is 0 Å². The Balaban J connectivity index is 1.30. The van der Waals surface area contributed by atoms with Gasteiger partial charge in [0.1, 0.15) is 0 Å². The van der Waals surface area contributed by atoms with E-state index >= 15 is 0 Å². The molecular formula is C43H27N3. The highest BCUT2D eigenvalue weighted by molar-refractivity contribution is 6.19. The van der Waals surface area contributed by atoms with Gasteiger partial charge in [0.05, 0.1) is 0 Å². The molecule has 0 spiro atoms. The van der Waals surface area contributed by atoms with Gasteiger partial charge < -0.3 is 0 Å². The summed E-state index contributed by atoms with van der Waals surface area (Å²) >= 11 is 0. The average molecular weight is 586 g/mol. The molecule has 0 saturated carbocycles. The van der Waals surface area contributed by atoms with Crippen molar-refractivity contribution in [3.63, 3.8) is 0 Å². The summed E-state index contributed by atoms with van der Waals surface area (Å²) < 4.78 is 0. The minimum Gasteiger partial charge on any atom is -0.208 e. The van der Waals surface area contributed by atoms with Gasteiger partial charge in [0.15, 0.2) is 17.5 Å². The third kappa shape index (κ3) is 4.49. The van der Waals surface area contributed by atoms with Gasteiger partial charge in [-0.25, -0.2) is 15.0 Å². The SMILES string of the molecule is c1ccc(-c2nc(-c3cccc(-c4ccc5ccccc5c4)c3)nc(-c3c4ccccc4cc4c3ccc3ccccc34)n2)cc1. The average Bonchev–Trinajstić information content (AvgIpc) is 3.14. The van der Waals surface area contributed by atoms with Gasteiger partial charge in [0, 0.05) is 16.7 Å². The highest BCUT2D eigenvalue weighted by Gasteiger charge is 2.18. The molecule has 3 heteroatoms. The lowest BCUT2D eigenvalue weighted by atomic mass is 9.93. The largest absolute Gasteiger partial charge is 0.208 e. The lowest BCUT2D eigenvalue weighted by molar-refractivity contribution is 1.08. The predicted octanol–water partition coefficient (Wildman–Crippen LogP) is 11.2. The van der Waals surface area contributed by atoms with Crippen LogP contribution in [-0.2, 0) is 0 Å². The number of benzene rings is 8. The fourth-order valence-electron chi connectivity index (χ4n) is 6.60.